The van der Waals surface area contributed by atoms with E-state index in [2.05, 4.69) is 10.3 Å². The van der Waals surface area contributed by atoms with E-state index >= 15 is 0 Å². The predicted molar refractivity (Wildman–Crippen MR) is 84.1 cm³/mol. The van der Waals surface area contributed by atoms with E-state index in [1.165, 1.54) is 6.07 Å². The van der Waals surface area contributed by atoms with Gasteiger partial charge in [-0.2, -0.15) is 0 Å². The minimum atomic E-state index is -0.371. The van der Waals surface area contributed by atoms with Gasteiger partial charge in [-0.3, -0.25) is 4.99 Å². The number of thioether (sulfide) groups is 1. The van der Waals surface area contributed by atoms with E-state index in [1.54, 1.807) is 23.9 Å². The van der Waals surface area contributed by atoms with E-state index in [1.807, 2.05) is 30.3 Å². The number of aliphatic imine (C=N–C) groups is 1. The first-order valence-electron chi connectivity index (χ1n) is 6.20. The molecule has 20 heavy (non-hydrogen) atoms. The molecule has 1 unspecified atom stereocenters. The smallest absolute Gasteiger partial charge is 0.161 e. The number of hydrogen-bond acceptors (Lipinski definition) is 3. The van der Waals surface area contributed by atoms with Gasteiger partial charge in [-0.1, -0.05) is 59.8 Å². The Morgan fingerprint density at radius 1 is 1.15 bits per heavy atom. The highest BCUT2D eigenvalue weighted by Crippen LogP contribution is 2.32. The van der Waals surface area contributed by atoms with Crippen LogP contribution in [0.4, 0.5) is 10.1 Å². The molecule has 5 heteroatoms. The van der Waals surface area contributed by atoms with Gasteiger partial charge in [0, 0.05) is 5.75 Å². The van der Waals surface area contributed by atoms with Crippen LogP contribution in [-0.4, -0.2) is 10.9 Å². The van der Waals surface area contributed by atoms with E-state index < -0.39 is 0 Å². The first kappa shape index (κ1) is 13.5. The van der Waals surface area contributed by atoms with Crippen molar-refractivity contribution in [3.63, 3.8) is 0 Å². The van der Waals surface area contributed by atoms with Crippen molar-refractivity contribution in [3.8, 4) is 0 Å². The summed E-state index contributed by atoms with van der Waals surface area (Å²) >= 11 is 7.57. The van der Waals surface area contributed by atoms with Gasteiger partial charge >= 0.3 is 0 Å². The Bertz CT molecular complexity index is 625. The van der Waals surface area contributed by atoms with Crippen LogP contribution in [0.25, 0.3) is 0 Å². The van der Waals surface area contributed by atoms with Crippen molar-refractivity contribution in [1.82, 2.24) is 0 Å². The van der Waals surface area contributed by atoms with Crippen LogP contribution in [0, 0.1) is 5.82 Å². The van der Waals surface area contributed by atoms with Crippen LogP contribution < -0.4 is 5.32 Å². The number of halogens is 2. The normalized spacial score (nSPS) is 17.9. The maximum absolute atomic E-state index is 13.7. The van der Waals surface area contributed by atoms with E-state index in [0.29, 0.717) is 10.2 Å². The maximum atomic E-state index is 13.7. The summed E-state index contributed by atoms with van der Waals surface area (Å²) in [4.78, 5) is 4.58. The lowest BCUT2D eigenvalue weighted by atomic mass is 10.1. The number of amidine groups is 1. The molecule has 1 heterocycles. The quantitative estimate of drug-likeness (QED) is 0.867. The molecule has 0 amide bonds. The molecular formula is C15H12ClFN2S. The Balaban J connectivity index is 1.80. The summed E-state index contributed by atoms with van der Waals surface area (Å²) in [5.41, 5.74) is 1.45. The Kier molecular flexibility index (Phi) is 3.94. The molecule has 0 fully saturated rings. The lowest BCUT2D eigenvalue weighted by Gasteiger charge is -2.08. The number of para-hydroxylation sites is 1. The van der Waals surface area contributed by atoms with E-state index in [0.717, 1.165) is 11.3 Å². The fourth-order valence-corrected chi connectivity index (χ4v) is 3.18. The summed E-state index contributed by atoms with van der Waals surface area (Å²) in [6.07, 6.45) is 0. The van der Waals surface area contributed by atoms with Crippen molar-refractivity contribution in [1.29, 1.82) is 0 Å². The molecular weight excluding hydrogens is 295 g/mol. The molecule has 0 saturated heterocycles. The van der Waals surface area contributed by atoms with Gasteiger partial charge in [-0.25, -0.2) is 4.39 Å². The zero-order valence-corrected chi connectivity index (χ0v) is 12.1. The second-order valence-corrected chi connectivity index (χ2v) is 5.81. The van der Waals surface area contributed by atoms with Gasteiger partial charge in [0.15, 0.2) is 5.17 Å². The molecule has 1 N–H and O–H groups in total. The summed E-state index contributed by atoms with van der Waals surface area (Å²) < 4.78 is 13.7. The molecule has 2 aromatic carbocycles. The molecule has 1 atom stereocenters. The Morgan fingerprint density at radius 2 is 1.95 bits per heavy atom. The third-order valence-electron chi connectivity index (χ3n) is 3.03. The molecule has 1 aliphatic rings. The van der Waals surface area contributed by atoms with Crippen LogP contribution >= 0.6 is 23.4 Å². The lowest BCUT2D eigenvalue weighted by Crippen LogP contribution is -2.07. The Morgan fingerprint density at radius 3 is 2.70 bits per heavy atom. The highest BCUT2D eigenvalue weighted by molar-refractivity contribution is 8.14. The van der Waals surface area contributed by atoms with Gasteiger partial charge < -0.3 is 5.32 Å². The fourth-order valence-electron chi connectivity index (χ4n) is 2.01. The lowest BCUT2D eigenvalue weighted by molar-refractivity contribution is 0.632. The van der Waals surface area contributed by atoms with Crippen molar-refractivity contribution in [3.05, 3.63) is 64.9 Å². The SMILES string of the molecule is Fc1cccc(Cl)c1NC1=NC(c2ccccc2)CS1. The van der Waals surface area contributed by atoms with Crippen molar-refractivity contribution in [2.75, 3.05) is 11.1 Å². The van der Waals surface area contributed by atoms with Crippen LogP contribution in [0.15, 0.2) is 53.5 Å². The third kappa shape index (κ3) is 2.81. The first-order chi connectivity index (χ1) is 9.74. The largest absolute Gasteiger partial charge is 0.331 e. The molecule has 2 nitrogen and oxygen atoms in total. The van der Waals surface area contributed by atoms with Crippen molar-refractivity contribution in [2.24, 2.45) is 4.99 Å². The minimum absolute atomic E-state index is 0.106. The van der Waals surface area contributed by atoms with Crippen LogP contribution in [0.3, 0.4) is 0 Å². The van der Waals surface area contributed by atoms with Crippen molar-refractivity contribution >= 4 is 34.2 Å². The third-order valence-corrected chi connectivity index (χ3v) is 4.31. The standard InChI is InChI=1S/C15H12ClFN2S/c16-11-7-4-8-12(17)14(11)19-15-18-13(9-20-15)10-5-2-1-3-6-10/h1-8,13H,9H2,(H,18,19). The molecule has 0 saturated carbocycles. The van der Waals surface area contributed by atoms with Crippen LogP contribution in [0.5, 0.6) is 0 Å². The summed E-state index contributed by atoms with van der Waals surface area (Å²) in [6, 6.07) is 14.8. The monoisotopic (exact) mass is 306 g/mol. The molecule has 3 rings (SSSR count). The first-order valence-corrected chi connectivity index (χ1v) is 7.57. The van der Waals surface area contributed by atoms with Crippen molar-refractivity contribution < 1.29 is 4.39 Å². The van der Waals surface area contributed by atoms with Gasteiger partial charge in [0.2, 0.25) is 0 Å². The predicted octanol–water partition coefficient (Wildman–Crippen LogP) is 4.74. The number of nitrogens with zero attached hydrogens (tertiary/aromatic N) is 1. The van der Waals surface area contributed by atoms with E-state index in [-0.39, 0.29) is 17.5 Å². The highest BCUT2D eigenvalue weighted by atomic mass is 35.5. The van der Waals surface area contributed by atoms with E-state index in [4.69, 9.17) is 11.6 Å². The van der Waals surface area contributed by atoms with E-state index in [9.17, 15) is 4.39 Å². The maximum Gasteiger partial charge on any atom is 0.161 e. The number of rotatable bonds is 2. The highest BCUT2D eigenvalue weighted by Gasteiger charge is 2.21. The second kappa shape index (κ2) is 5.85. The Hall–Kier alpha value is -1.52. The molecule has 0 aliphatic carbocycles. The zero-order chi connectivity index (χ0) is 13.9. The van der Waals surface area contributed by atoms with Crippen molar-refractivity contribution in [2.45, 2.75) is 6.04 Å². The van der Waals surface area contributed by atoms with Crippen LogP contribution in [-0.2, 0) is 0 Å². The van der Waals surface area contributed by atoms with Gasteiger partial charge in [0.1, 0.15) is 5.82 Å². The van der Waals surface area contributed by atoms with Crippen LogP contribution in [0.2, 0.25) is 5.02 Å². The average Bonchev–Trinajstić information content (AvgIpc) is 2.93. The van der Waals surface area contributed by atoms with Gasteiger partial charge in [0.05, 0.1) is 16.8 Å². The molecule has 0 aromatic heterocycles. The second-order valence-electron chi connectivity index (χ2n) is 4.39. The molecule has 0 bridgehead atoms. The molecule has 0 radical (unpaired) electrons. The summed E-state index contributed by atoms with van der Waals surface area (Å²) in [5, 5.41) is 4.04. The number of nitrogens with one attached hydrogen (secondary N) is 1. The van der Waals surface area contributed by atoms with Gasteiger partial charge in [-0.15, -0.1) is 0 Å². The fraction of sp³-hybridized carbons (Fsp3) is 0.133. The number of benzene rings is 2. The molecule has 2 aromatic rings. The summed E-state index contributed by atoms with van der Waals surface area (Å²) in [6.45, 7) is 0. The summed E-state index contributed by atoms with van der Waals surface area (Å²) in [5.74, 6) is 0.474. The zero-order valence-electron chi connectivity index (χ0n) is 10.5. The number of hydrogen-bond donors (Lipinski definition) is 1. The summed E-state index contributed by atoms with van der Waals surface area (Å²) in [7, 11) is 0. The molecule has 0 spiro atoms. The van der Waals surface area contributed by atoms with Gasteiger partial charge in [0.25, 0.3) is 0 Å². The number of anilines is 1. The molecule has 1 aliphatic heterocycles. The minimum Gasteiger partial charge on any atom is -0.331 e. The van der Waals surface area contributed by atoms with Gasteiger partial charge in [-0.05, 0) is 17.7 Å². The Labute approximate surface area is 126 Å². The average molecular weight is 307 g/mol. The molecule has 102 valence electrons. The topological polar surface area (TPSA) is 24.4 Å². The van der Waals surface area contributed by atoms with Crippen LogP contribution in [0.1, 0.15) is 11.6 Å².